The second-order valence-electron chi connectivity index (χ2n) is 5.08. The summed E-state index contributed by atoms with van der Waals surface area (Å²) in [4.78, 5) is 0. The number of hydrogen-bond acceptors (Lipinski definition) is 4. The number of aryl methyl sites for hydroxylation is 1. The Balaban J connectivity index is 1.75. The van der Waals surface area contributed by atoms with Crippen LogP contribution in [0.25, 0.3) is 11.5 Å². The van der Waals surface area contributed by atoms with Gasteiger partial charge in [-0.1, -0.05) is 35.9 Å². The highest BCUT2D eigenvalue weighted by atomic mass is 35.5. The Hall–Kier alpha value is -2.33. The van der Waals surface area contributed by atoms with E-state index in [0.717, 1.165) is 11.3 Å². The van der Waals surface area contributed by atoms with Gasteiger partial charge in [-0.3, -0.25) is 0 Å². The molecule has 112 valence electrons. The SMILES string of the molecule is Cc1cccc(NCc2nnc(-c3ccccc3Cl)o2)c1C. The number of nitrogens with one attached hydrogen (secondary N) is 1. The molecule has 2 aromatic carbocycles. The van der Waals surface area contributed by atoms with Crippen molar-refractivity contribution in [3.05, 3.63) is 64.5 Å². The first-order valence-corrected chi connectivity index (χ1v) is 7.40. The quantitative estimate of drug-likeness (QED) is 0.763. The Morgan fingerprint density at radius 3 is 2.68 bits per heavy atom. The molecule has 0 spiro atoms. The van der Waals surface area contributed by atoms with E-state index in [1.165, 1.54) is 11.1 Å². The number of halogens is 1. The predicted octanol–water partition coefficient (Wildman–Crippen LogP) is 4.62. The zero-order chi connectivity index (χ0) is 15.5. The molecule has 0 aliphatic rings. The standard InChI is InChI=1S/C17H16ClN3O/c1-11-6-5-9-15(12(11)2)19-10-16-20-21-17(22-16)13-7-3-4-8-14(13)18/h3-9,19H,10H2,1-2H3. The molecule has 0 bridgehead atoms. The van der Waals surface area contributed by atoms with Crippen LogP contribution < -0.4 is 5.32 Å². The molecule has 3 rings (SSSR count). The minimum Gasteiger partial charge on any atom is -0.419 e. The molecule has 0 radical (unpaired) electrons. The molecular formula is C17H16ClN3O. The van der Waals surface area contributed by atoms with Crippen LogP contribution in [0.2, 0.25) is 5.02 Å². The number of benzene rings is 2. The fraction of sp³-hybridized carbons (Fsp3) is 0.176. The summed E-state index contributed by atoms with van der Waals surface area (Å²) < 4.78 is 5.67. The summed E-state index contributed by atoms with van der Waals surface area (Å²) in [5, 5.41) is 12.0. The van der Waals surface area contributed by atoms with Gasteiger partial charge in [0.25, 0.3) is 0 Å². The molecule has 22 heavy (non-hydrogen) atoms. The number of nitrogens with zero attached hydrogens (tertiary/aromatic N) is 2. The van der Waals surface area contributed by atoms with Crippen LogP contribution in [0.1, 0.15) is 17.0 Å². The van der Waals surface area contributed by atoms with Crippen LogP contribution in [0, 0.1) is 13.8 Å². The number of rotatable bonds is 4. The molecule has 0 amide bonds. The average Bonchev–Trinajstić information content (AvgIpc) is 2.98. The highest BCUT2D eigenvalue weighted by Crippen LogP contribution is 2.26. The molecule has 1 heterocycles. The van der Waals surface area contributed by atoms with Gasteiger partial charge in [-0.05, 0) is 43.2 Å². The van der Waals surface area contributed by atoms with Gasteiger partial charge in [0.1, 0.15) is 0 Å². The van der Waals surface area contributed by atoms with Crippen LogP contribution in [0.3, 0.4) is 0 Å². The number of hydrogen-bond donors (Lipinski definition) is 1. The topological polar surface area (TPSA) is 51.0 Å². The van der Waals surface area contributed by atoms with Crippen LogP contribution >= 0.6 is 11.6 Å². The molecule has 1 N–H and O–H groups in total. The van der Waals surface area contributed by atoms with Crippen molar-refractivity contribution in [1.29, 1.82) is 0 Å². The van der Waals surface area contributed by atoms with Gasteiger partial charge in [-0.15, -0.1) is 10.2 Å². The fourth-order valence-corrected chi connectivity index (χ4v) is 2.40. The highest BCUT2D eigenvalue weighted by molar-refractivity contribution is 6.33. The van der Waals surface area contributed by atoms with Gasteiger partial charge in [0.15, 0.2) is 0 Å². The second-order valence-corrected chi connectivity index (χ2v) is 5.49. The number of anilines is 1. The van der Waals surface area contributed by atoms with E-state index in [4.69, 9.17) is 16.0 Å². The van der Waals surface area contributed by atoms with E-state index >= 15 is 0 Å². The predicted molar refractivity (Wildman–Crippen MR) is 88.0 cm³/mol. The maximum absolute atomic E-state index is 6.14. The van der Waals surface area contributed by atoms with Gasteiger partial charge in [-0.2, -0.15) is 0 Å². The van der Waals surface area contributed by atoms with Crippen LogP contribution in [0.4, 0.5) is 5.69 Å². The van der Waals surface area contributed by atoms with Crippen molar-refractivity contribution >= 4 is 17.3 Å². The van der Waals surface area contributed by atoms with Crippen LogP contribution in [0.15, 0.2) is 46.9 Å². The summed E-state index contributed by atoms with van der Waals surface area (Å²) in [7, 11) is 0. The first-order valence-electron chi connectivity index (χ1n) is 7.02. The lowest BCUT2D eigenvalue weighted by Crippen LogP contribution is -2.02. The van der Waals surface area contributed by atoms with Crippen molar-refractivity contribution in [2.24, 2.45) is 0 Å². The minimum atomic E-state index is 0.434. The summed E-state index contributed by atoms with van der Waals surface area (Å²) in [5.74, 6) is 0.958. The first-order chi connectivity index (χ1) is 10.6. The van der Waals surface area contributed by atoms with E-state index in [1.807, 2.05) is 30.3 Å². The number of aromatic nitrogens is 2. The Bertz CT molecular complexity index is 798. The summed E-state index contributed by atoms with van der Waals surface area (Å²) in [5.41, 5.74) is 4.27. The van der Waals surface area contributed by atoms with E-state index in [2.05, 4.69) is 35.4 Å². The van der Waals surface area contributed by atoms with Crippen molar-refractivity contribution < 1.29 is 4.42 Å². The fourth-order valence-electron chi connectivity index (χ4n) is 2.18. The third kappa shape index (κ3) is 2.97. The molecule has 4 nitrogen and oxygen atoms in total. The molecule has 0 aliphatic heterocycles. The van der Waals surface area contributed by atoms with E-state index in [9.17, 15) is 0 Å². The molecule has 0 unspecified atom stereocenters. The Morgan fingerprint density at radius 1 is 1.05 bits per heavy atom. The van der Waals surface area contributed by atoms with Crippen molar-refractivity contribution in [3.8, 4) is 11.5 Å². The molecule has 0 saturated heterocycles. The van der Waals surface area contributed by atoms with Crippen molar-refractivity contribution in [1.82, 2.24) is 10.2 Å². The lowest BCUT2D eigenvalue weighted by molar-refractivity contribution is 0.515. The van der Waals surface area contributed by atoms with Gasteiger partial charge in [-0.25, -0.2) is 0 Å². The lowest BCUT2D eigenvalue weighted by Gasteiger charge is -2.09. The molecule has 0 aliphatic carbocycles. The summed E-state index contributed by atoms with van der Waals surface area (Å²) in [6.07, 6.45) is 0. The van der Waals surface area contributed by atoms with E-state index < -0.39 is 0 Å². The van der Waals surface area contributed by atoms with E-state index in [0.29, 0.717) is 23.3 Å². The summed E-state index contributed by atoms with van der Waals surface area (Å²) in [6, 6.07) is 13.6. The molecule has 1 aromatic heterocycles. The van der Waals surface area contributed by atoms with Gasteiger partial charge in [0.2, 0.25) is 11.8 Å². The molecule has 0 atom stereocenters. The maximum Gasteiger partial charge on any atom is 0.249 e. The van der Waals surface area contributed by atoms with E-state index in [-0.39, 0.29) is 0 Å². The molecule has 3 aromatic rings. The zero-order valence-corrected chi connectivity index (χ0v) is 13.2. The van der Waals surface area contributed by atoms with Crippen molar-refractivity contribution in [3.63, 3.8) is 0 Å². The van der Waals surface area contributed by atoms with Crippen LogP contribution in [-0.2, 0) is 6.54 Å². The Morgan fingerprint density at radius 2 is 1.86 bits per heavy atom. The van der Waals surface area contributed by atoms with Gasteiger partial charge in [0, 0.05) is 5.69 Å². The Labute approximate surface area is 134 Å². The third-order valence-corrected chi connectivity index (χ3v) is 3.94. The zero-order valence-electron chi connectivity index (χ0n) is 12.4. The third-order valence-electron chi connectivity index (χ3n) is 3.61. The van der Waals surface area contributed by atoms with Crippen LogP contribution in [-0.4, -0.2) is 10.2 Å². The highest BCUT2D eigenvalue weighted by Gasteiger charge is 2.11. The summed E-state index contributed by atoms with van der Waals surface area (Å²) in [6.45, 7) is 4.64. The van der Waals surface area contributed by atoms with Gasteiger partial charge in [0.05, 0.1) is 17.1 Å². The van der Waals surface area contributed by atoms with Gasteiger partial charge >= 0.3 is 0 Å². The second kappa shape index (κ2) is 6.20. The van der Waals surface area contributed by atoms with Crippen LogP contribution in [0.5, 0.6) is 0 Å². The van der Waals surface area contributed by atoms with Gasteiger partial charge < -0.3 is 9.73 Å². The minimum absolute atomic E-state index is 0.434. The average molecular weight is 314 g/mol. The smallest absolute Gasteiger partial charge is 0.249 e. The molecule has 0 fully saturated rings. The first kappa shape index (κ1) is 14.6. The largest absolute Gasteiger partial charge is 0.419 e. The van der Waals surface area contributed by atoms with Crippen molar-refractivity contribution in [2.45, 2.75) is 20.4 Å². The monoisotopic (exact) mass is 313 g/mol. The Kier molecular flexibility index (Phi) is 4.11. The molecular weight excluding hydrogens is 298 g/mol. The summed E-state index contributed by atoms with van der Waals surface area (Å²) >= 11 is 6.14. The van der Waals surface area contributed by atoms with Crippen molar-refractivity contribution in [2.75, 3.05) is 5.32 Å². The normalized spacial score (nSPS) is 10.7. The molecule has 5 heteroatoms. The maximum atomic E-state index is 6.14. The van der Waals surface area contributed by atoms with E-state index in [1.54, 1.807) is 6.07 Å². The lowest BCUT2D eigenvalue weighted by atomic mass is 10.1. The molecule has 0 saturated carbocycles.